The van der Waals surface area contributed by atoms with Gasteiger partial charge in [-0.2, -0.15) is 0 Å². The van der Waals surface area contributed by atoms with Crippen LogP contribution >= 0.6 is 0 Å². The molecule has 0 saturated carbocycles. The van der Waals surface area contributed by atoms with Crippen molar-refractivity contribution < 1.29 is 23.8 Å². The minimum Gasteiger partial charge on any atom is -0.493 e. The standard InChI is InChI=1S/C25H27N3O5/c1-17(2)33-22-14-9-18(15-23(22)31-3)25(30)28-27-24(29)16-32-21-12-10-20(11-13-21)26-19-7-5-4-6-8-19/h4-15,17,26H,16H2,1-3H3,(H,27,29)(H,28,30). The Labute approximate surface area is 192 Å². The lowest BCUT2D eigenvalue weighted by Crippen LogP contribution is -2.43. The van der Waals surface area contributed by atoms with Crippen molar-refractivity contribution in [3.8, 4) is 17.2 Å². The van der Waals surface area contributed by atoms with Crippen molar-refractivity contribution in [2.75, 3.05) is 19.0 Å². The molecular weight excluding hydrogens is 422 g/mol. The molecule has 3 N–H and O–H groups in total. The third-order valence-corrected chi connectivity index (χ3v) is 4.39. The number of carbonyl (C=O) groups is 2. The van der Waals surface area contributed by atoms with Gasteiger partial charge in [0.05, 0.1) is 13.2 Å². The maximum Gasteiger partial charge on any atom is 0.276 e. The van der Waals surface area contributed by atoms with Gasteiger partial charge in [0, 0.05) is 16.9 Å². The molecule has 33 heavy (non-hydrogen) atoms. The van der Waals surface area contributed by atoms with Gasteiger partial charge in [0.15, 0.2) is 18.1 Å². The van der Waals surface area contributed by atoms with Crippen molar-refractivity contribution >= 4 is 23.2 Å². The largest absolute Gasteiger partial charge is 0.493 e. The Morgan fingerprint density at radius 2 is 1.55 bits per heavy atom. The summed E-state index contributed by atoms with van der Waals surface area (Å²) < 4.78 is 16.4. The predicted octanol–water partition coefficient (Wildman–Crippen LogP) is 4.07. The van der Waals surface area contributed by atoms with Gasteiger partial charge >= 0.3 is 0 Å². The van der Waals surface area contributed by atoms with Gasteiger partial charge in [0.1, 0.15) is 5.75 Å². The van der Waals surface area contributed by atoms with Crippen molar-refractivity contribution in [3.63, 3.8) is 0 Å². The van der Waals surface area contributed by atoms with Crippen LogP contribution in [0.1, 0.15) is 24.2 Å². The number of rotatable bonds is 9. The first-order valence-electron chi connectivity index (χ1n) is 10.4. The number of anilines is 2. The summed E-state index contributed by atoms with van der Waals surface area (Å²) in [7, 11) is 1.49. The van der Waals surface area contributed by atoms with Crippen molar-refractivity contribution in [1.29, 1.82) is 0 Å². The number of nitrogens with one attached hydrogen (secondary N) is 3. The molecule has 0 fully saturated rings. The summed E-state index contributed by atoms with van der Waals surface area (Å²) in [6.45, 7) is 3.54. The summed E-state index contributed by atoms with van der Waals surface area (Å²) in [6.07, 6.45) is -0.0332. The minimum atomic E-state index is -0.499. The van der Waals surface area contributed by atoms with E-state index in [0.29, 0.717) is 22.8 Å². The molecule has 0 radical (unpaired) electrons. The van der Waals surface area contributed by atoms with Gasteiger partial charge < -0.3 is 19.5 Å². The molecule has 2 amide bonds. The number of amides is 2. The van der Waals surface area contributed by atoms with Crippen LogP contribution in [0.15, 0.2) is 72.8 Å². The number of ether oxygens (including phenoxy) is 3. The predicted molar refractivity (Wildman–Crippen MR) is 126 cm³/mol. The Kier molecular flexibility index (Phi) is 8.13. The minimum absolute atomic E-state index is 0.0332. The molecule has 8 heteroatoms. The lowest BCUT2D eigenvalue weighted by atomic mass is 10.2. The van der Waals surface area contributed by atoms with Crippen LogP contribution in [-0.2, 0) is 4.79 Å². The van der Waals surface area contributed by atoms with Crippen molar-refractivity contribution in [2.24, 2.45) is 0 Å². The van der Waals surface area contributed by atoms with Gasteiger partial charge in [-0.05, 0) is 68.4 Å². The molecule has 0 aliphatic carbocycles. The van der Waals surface area contributed by atoms with Gasteiger partial charge in [-0.15, -0.1) is 0 Å². The van der Waals surface area contributed by atoms with Crippen LogP contribution < -0.4 is 30.4 Å². The highest BCUT2D eigenvalue weighted by molar-refractivity contribution is 5.96. The van der Waals surface area contributed by atoms with E-state index >= 15 is 0 Å². The maximum absolute atomic E-state index is 12.3. The molecule has 0 heterocycles. The molecule has 172 valence electrons. The van der Waals surface area contributed by atoms with E-state index in [2.05, 4.69) is 16.2 Å². The van der Waals surface area contributed by atoms with Gasteiger partial charge in [0.2, 0.25) is 0 Å². The smallest absolute Gasteiger partial charge is 0.276 e. The SMILES string of the molecule is COc1cc(C(=O)NNC(=O)COc2ccc(Nc3ccccc3)cc2)ccc1OC(C)C. The van der Waals surface area contributed by atoms with Crippen LogP contribution in [0.4, 0.5) is 11.4 Å². The molecule has 0 unspecified atom stereocenters. The molecule has 0 aliphatic heterocycles. The third kappa shape index (κ3) is 7.17. The molecule has 0 saturated heterocycles. The van der Waals surface area contributed by atoms with Gasteiger partial charge in [-0.1, -0.05) is 18.2 Å². The number of benzene rings is 3. The highest BCUT2D eigenvalue weighted by Gasteiger charge is 2.13. The van der Waals surface area contributed by atoms with Crippen molar-refractivity contribution in [3.05, 3.63) is 78.4 Å². The molecule has 0 spiro atoms. The van der Waals surface area contributed by atoms with Crippen LogP contribution in [-0.4, -0.2) is 31.6 Å². The summed E-state index contributed by atoms with van der Waals surface area (Å²) in [6, 6.07) is 21.8. The second kappa shape index (κ2) is 11.4. The molecule has 0 aliphatic rings. The van der Waals surface area contributed by atoms with Gasteiger partial charge in [0.25, 0.3) is 11.8 Å². The number of hydrogen-bond acceptors (Lipinski definition) is 6. The van der Waals surface area contributed by atoms with Crippen LogP contribution in [0.5, 0.6) is 17.2 Å². The maximum atomic E-state index is 12.3. The fourth-order valence-electron chi connectivity index (χ4n) is 2.87. The van der Waals surface area contributed by atoms with Crippen LogP contribution in [0.2, 0.25) is 0 Å². The lowest BCUT2D eigenvalue weighted by molar-refractivity contribution is -0.123. The Hall–Kier alpha value is -4.20. The molecule has 0 atom stereocenters. The van der Waals surface area contributed by atoms with Crippen molar-refractivity contribution in [1.82, 2.24) is 10.9 Å². The van der Waals surface area contributed by atoms with E-state index in [-0.39, 0.29) is 12.7 Å². The Bertz CT molecular complexity index is 1070. The second-order valence-electron chi connectivity index (χ2n) is 7.34. The van der Waals surface area contributed by atoms with Crippen LogP contribution in [0, 0.1) is 0 Å². The summed E-state index contributed by atoms with van der Waals surface area (Å²) in [4.78, 5) is 24.4. The molecule has 0 bridgehead atoms. The molecular formula is C25H27N3O5. The monoisotopic (exact) mass is 449 g/mol. The highest BCUT2D eigenvalue weighted by atomic mass is 16.5. The lowest BCUT2D eigenvalue weighted by Gasteiger charge is -2.14. The molecule has 3 aromatic rings. The Balaban J connectivity index is 1.46. The zero-order valence-electron chi connectivity index (χ0n) is 18.8. The normalized spacial score (nSPS) is 10.3. The fraction of sp³-hybridized carbons (Fsp3) is 0.200. The number of para-hydroxylation sites is 1. The van der Waals surface area contributed by atoms with Gasteiger partial charge in [-0.25, -0.2) is 0 Å². The number of carbonyl (C=O) groups excluding carboxylic acids is 2. The Morgan fingerprint density at radius 1 is 0.848 bits per heavy atom. The van der Waals surface area contributed by atoms with Crippen LogP contribution in [0.3, 0.4) is 0 Å². The first-order valence-corrected chi connectivity index (χ1v) is 10.4. The van der Waals surface area contributed by atoms with Crippen molar-refractivity contribution in [2.45, 2.75) is 20.0 Å². The summed E-state index contributed by atoms with van der Waals surface area (Å²) in [5.74, 6) is 0.499. The quantitative estimate of drug-likeness (QED) is 0.426. The summed E-state index contributed by atoms with van der Waals surface area (Å²) in [5, 5.41) is 3.27. The average molecular weight is 450 g/mol. The fourth-order valence-corrected chi connectivity index (χ4v) is 2.87. The third-order valence-electron chi connectivity index (χ3n) is 4.39. The first kappa shape index (κ1) is 23.5. The van der Waals surface area contributed by atoms with E-state index in [1.54, 1.807) is 30.3 Å². The second-order valence-corrected chi connectivity index (χ2v) is 7.34. The first-order chi connectivity index (χ1) is 15.9. The van der Waals surface area contributed by atoms with E-state index in [1.807, 2.05) is 56.3 Å². The zero-order valence-corrected chi connectivity index (χ0v) is 18.8. The molecule has 0 aromatic heterocycles. The zero-order chi connectivity index (χ0) is 23.6. The topological polar surface area (TPSA) is 97.9 Å². The number of hydrogen-bond donors (Lipinski definition) is 3. The van der Waals surface area contributed by atoms with Crippen LogP contribution in [0.25, 0.3) is 0 Å². The highest BCUT2D eigenvalue weighted by Crippen LogP contribution is 2.29. The van der Waals surface area contributed by atoms with E-state index < -0.39 is 11.8 Å². The van der Waals surface area contributed by atoms with E-state index in [1.165, 1.54) is 7.11 Å². The number of hydrazine groups is 1. The Morgan fingerprint density at radius 3 is 2.21 bits per heavy atom. The average Bonchev–Trinajstić information content (AvgIpc) is 2.82. The summed E-state index contributed by atoms with van der Waals surface area (Å²) >= 11 is 0. The van der Waals surface area contributed by atoms with E-state index in [4.69, 9.17) is 14.2 Å². The number of methoxy groups -OCH3 is 1. The van der Waals surface area contributed by atoms with Gasteiger partial charge in [-0.3, -0.25) is 20.4 Å². The summed E-state index contributed by atoms with van der Waals surface area (Å²) in [5.41, 5.74) is 6.87. The van der Waals surface area contributed by atoms with E-state index in [9.17, 15) is 9.59 Å². The molecule has 8 nitrogen and oxygen atoms in total. The molecule has 3 aromatic carbocycles. The molecule has 3 rings (SSSR count). The van der Waals surface area contributed by atoms with E-state index in [0.717, 1.165) is 11.4 Å².